The smallest absolute Gasteiger partial charge is 0.273 e. The van der Waals surface area contributed by atoms with Gasteiger partial charge in [-0.2, -0.15) is 0 Å². The van der Waals surface area contributed by atoms with E-state index in [2.05, 4.69) is 0 Å². The van der Waals surface area contributed by atoms with Gasteiger partial charge in [-0.3, -0.25) is 19.7 Å². The van der Waals surface area contributed by atoms with Crippen LogP contribution in [0.25, 0.3) is 0 Å². The summed E-state index contributed by atoms with van der Waals surface area (Å²) in [6.45, 7) is 0.505. The summed E-state index contributed by atoms with van der Waals surface area (Å²) in [4.78, 5) is 27.1. The number of amides is 1. The SMILES string of the molecule is CON(C)C(=O)CCCCCCOc1ccc([N+](=O)[O-])cc1OC1CCCC1. The summed E-state index contributed by atoms with van der Waals surface area (Å²) < 4.78 is 11.8. The molecule has 0 N–H and O–H groups in total. The van der Waals surface area contributed by atoms with Gasteiger partial charge in [0.1, 0.15) is 0 Å². The molecule has 1 aromatic carbocycles. The van der Waals surface area contributed by atoms with E-state index < -0.39 is 4.92 Å². The number of rotatable bonds is 12. The molecule has 0 unspecified atom stereocenters. The molecule has 0 atom stereocenters. The lowest BCUT2D eigenvalue weighted by Gasteiger charge is -2.17. The lowest BCUT2D eigenvalue weighted by atomic mass is 10.1. The number of ether oxygens (including phenoxy) is 2. The molecule has 8 nitrogen and oxygen atoms in total. The summed E-state index contributed by atoms with van der Waals surface area (Å²) in [5, 5.41) is 12.3. The number of carbonyl (C=O) groups excluding carboxylic acids is 1. The second-order valence-corrected chi connectivity index (χ2v) is 7.00. The van der Waals surface area contributed by atoms with Crippen molar-refractivity contribution in [2.24, 2.45) is 0 Å². The van der Waals surface area contributed by atoms with Gasteiger partial charge in [-0.1, -0.05) is 12.8 Å². The molecule has 1 aliphatic carbocycles. The summed E-state index contributed by atoms with van der Waals surface area (Å²) >= 11 is 0. The first-order valence-corrected chi connectivity index (χ1v) is 9.90. The molecule has 8 heteroatoms. The van der Waals surface area contributed by atoms with Gasteiger partial charge in [0.25, 0.3) is 5.69 Å². The third-order valence-corrected chi connectivity index (χ3v) is 4.90. The first-order valence-electron chi connectivity index (χ1n) is 9.90. The predicted molar refractivity (Wildman–Crippen MR) is 104 cm³/mol. The zero-order valence-corrected chi connectivity index (χ0v) is 16.7. The molecular weight excluding hydrogens is 364 g/mol. The Kier molecular flexibility index (Phi) is 9.00. The number of nitrogens with zero attached hydrogens (tertiary/aromatic N) is 2. The second kappa shape index (κ2) is 11.5. The maximum absolute atomic E-state index is 11.6. The number of unbranched alkanes of at least 4 members (excludes halogenated alkanes) is 3. The van der Waals surface area contributed by atoms with Gasteiger partial charge >= 0.3 is 0 Å². The molecule has 0 heterocycles. The van der Waals surface area contributed by atoms with Crippen molar-refractivity contribution in [3.05, 3.63) is 28.3 Å². The fourth-order valence-electron chi connectivity index (χ4n) is 3.18. The van der Waals surface area contributed by atoms with Crippen LogP contribution in [0.3, 0.4) is 0 Å². The van der Waals surface area contributed by atoms with Crippen LogP contribution in [-0.4, -0.2) is 42.8 Å². The van der Waals surface area contributed by atoms with Crippen molar-refractivity contribution >= 4 is 11.6 Å². The van der Waals surface area contributed by atoms with E-state index in [0.29, 0.717) is 24.5 Å². The fraction of sp³-hybridized carbons (Fsp3) is 0.650. The van der Waals surface area contributed by atoms with E-state index in [1.165, 1.54) is 24.3 Å². The van der Waals surface area contributed by atoms with Crippen LogP contribution >= 0.6 is 0 Å². The third kappa shape index (κ3) is 6.99. The number of hydrogen-bond acceptors (Lipinski definition) is 6. The molecule has 0 aliphatic heterocycles. The Morgan fingerprint density at radius 3 is 2.57 bits per heavy atom. The third-order valence-electron chi connectivity index (χ3n) is 4.90. The van der Waals surface area contributed by atoms with Crippen LogP contribution < -0.4 is 9.47 Å². The van der Waals surface area contributed by atoms with Gasteiger partial charge in [-0.15, -0.1) is 0 Å². The minimum atomic E-state index is -0.423. The summed E-state index contributed by atoms with van der Waals surface area (Å²) in [7, 11) is 3.07. The molecule has 0 spiro atoms. The van der Waals surface area contributed by atoms with Crippen molar-refractivity contribution in [3.8, 4) is 11.5 Å². The lowest BCUT2D eigenvalue weighted by molar-refractivity contribution is -0.385. The van der Waals surface area contributed by atoms with E-state index in [-0.39, 0.29) is 17.7 Å². The van der Waals surface area contributed by atoms with E-state index >= 15 is 0 Å². The number of nitro groups is 1. The van der Waals surface area contributed by atoms with Crippen LogP contribution in [0.15, 0.2) is 18.2 Å². The molecule has 1 aromatic rings. The molecule has 0 aromatic heterocycles. The Bertz CT molecular complexity index is 646. The molecular formula is C20H30N2O6. The fourth-order valence-corrected chi connectivity index (χ4v) is 3.18. The molecule has 0 bridgehead atoms. The normalized spacial score (nSPS) is 14.1. The molecule has 156 valence electrons. The lowest BCUT2D eigenvalue weighted by Crippen LogP contribution is -2.24. The van der Waals surface area contributed by atoms with Gasteiger partial charge in [0.2, 0.25) is 5.91 Å². The molecule has 0 saturated heterocycles. The molecule has 1 saturated carbocycles. The molecule has 0 radical (unpaired) electrons. The largest absolute Gasteiger partial charge is 0.490 e. The molecule has 1 fully saturated rings. The summed E-state index contributed by atoms with van der Waals surface area (Å²) in [5.74, 6) is 0.974. The average Bonchev–Trinajstić information content (AvgIpc) is 3.20. The summed E-state index contributed by atoms with van der Waals surface area (Å²) in [5.41, 5.74) is 0.00559. The number of hydroxylamine groups is 2. The van der Waals surface area contributed by atoms with E-state index in [4.69, 9.17) is 14.3 Å². The monoisotopic (exact) mass is 394 g/mol. The minimum absolute atomic E-state index is 0.00559. The van der Waals surface area contributed by atoms with Crippen molar-refractivity contribution in [1.82, 2.24) is 5.06 Å². The average molecular weight is 394 g/mol. The van der Waals surface area contributed by atoms with E-state index in [0.717, 1.165) is 51.4 Å². The van der Waals surface area contributed by atoms with Crippen molar-refractivity contribution < 1.29 is 24.0 Å². The van der Waals surface area contributed by atoms with Crippen LogP contribution in [0, 0.1) is 10.1 Å². The zero-order chi connectivity index (χ0) is 20.4. The number of hydrogen-bond donors (Lipinski definition) is 0. The van der Waals surface area contributed by atoms with Crippen LogP contribution in [0.5, 0.6) is 11.5 Å². The van der Waals surface area contributed by atoms with Crippen molar-refractivity contribution in [2.45, 2.75) is 63.9 Å². The first-order chi connectivity index (χ1) is 13.5. The van der Waals surface area contributed by atoms with Gasteiger partial charge < -0.3 is 9.47 Å². The number of benzene rings is 1. The molecule has 1 amide bonds. The minimum Gasteiger partial charge on any atom is -0.490 e. The van der Waals surface area contributed by atoms with Crippen molar-refractivity contribution in [2.75, 3.05) is 20.8 Å². The Morgan fingerprint density at radius 2 is 1.89 bits per heavy atom. The van der Waals surface area contributed by atoms with Crippen LogP contribution in [-0.2, 0) is 9.63 Å². The number of nitro benzene ring substituents is 1. The molecule has 1 aliphatic rings. The van der Waals surface area contributed by atoms with E-state index in [1.54, 1.807) is 13.1 Å². The number of non-ortho nitro benzene ring substituents is 1. The van der Waals surface area contributed by atoms with Gasteiger partial charge in [-0.25, -0.2) is 5.06 Å². The number of carbonyl (C=O) groups is 1. The van der Waals surface area contributed by atoms with Crippen LogP contribution in [0.4, 0.5) is 5.69 Å². The van der Waals surface area contributed by atoms with Crippen LogP contribution in [0.1, 0.15) is 57.8 Å². The second-order valence-electron chi connectivity index (χ2n) is 7.00. The summed E-state index contributed by atoms with van der Waals surface area (Å²) in [6, 6.07) is 4.50. The Hall–Kier alpha value is -2.35. The highest BCUT2D eigenvalue weighted by atomic mass is 16.7. The van der Waals surface area contributed by atoms with Gasteiger partial charge in [0, 0.05) is 19.5 Å². The highest BCUT2D eigenvalue weighted by Crippen LogP contribution is 2.35. The molecule has 28 heavy (non-hydrogen) atoms. The van der Waals surface area contributed by atoms with E-state index in [1.807, 2.05) is 0 Å². The maximum atomic E-state index is 11.6. The molecule has 2 rings (SSSR count). The first kappa shape index (κ1) is 21.9. The van der Waals surface area contributed by atoms with Crippen molar-refractivity contribution in [1.29, 1.82) is 0 Å². The zero-order valence-electron chi connectivity index (χ0n) is 16.7. The van der Waals surface area contributed by atoms with Gasteiger partial charge in [0.05, 0.1) is 30.8 Å². The summed E-state index contributed by atoms with van der Waals surface area (Å²) in [6.07, 6.45) is 8.27. The standard InChI is InChI=1S/C20H30N2O6/c1-21(26-2)20(23)11-5-3-4-8-14-27-18-13-12-16(22(24)25)15-19(18)28-17-9-6-7-10-17/h12-13,15,17H,3-11,14H2,1-2H3. The Labute approximate surface area is 165 Å². The van der Waals surface area contributed by atoms with Gasteiger partial charge in [-0.05, 0) is 44.6 Å². The highest BCUT2D eigenvalue weighted by molar-refractivity contribution is 5.74. The Morgan fingerprint density at radius 1 is 1.18 bits per heavy atom. The highest BCUT2D eigenvalue weighted by Gasteiger charge is 2.20. The maximum Gasteiger partial charge on any atom is 0.273 e. The quantitative estimate of drug-likeness (QED) is 0.299. The topological polar surface area (TPSA) is 91.1 Å². The van der Waals surface area contributed by atoms with Crippen LogP contribution in [0.2, 0.25) is 0 Å². The Balaban J connectivity index is 1.76. The van der Waals surface area contributed by atoms with Gasteiger partial charge in [0.15, 0.2) is 11.5 Å². The van der Waals surface area contributed by atoms with E-state index in [9.17, 15) is 14.9 Å². The van der Waals surface area contributed by atoms with Crippen molar-refractivity contribution in [3.63, 3.8) is 0 Å². The predicted octanol–water partition coefficient (Wildman–Crippen LogP) is 4.27.